The largest absolute Gasteiger partial charge is 0.416 e. The zero-order valence-electron chi connectivity index (χ0n) is 14.4. The highest BCUT2D eigenvalue weighted by atomic mass is 19.4. The zero-order chi connectivity index (χ0) is 19.8. The van der Waals surface area contributed by atoms with E-state index in [9.17, 15) is 22.4 Å². The second kappa shape index (κ2) is 6.86. The molecule has 0 bridgehead atoms. The van der Waals surface area contributed by atoms with E-state index in [2.05, 4.69) is 10.4 Å². The van der Waals surface area contributed by atoms with E-state index in [1.54, 1.807) is 19.1 Å². The van der Waals surface area contributed by atoms with Crippen LogP contribution in [0.5, 0.6) is 0 Å². The summed E-state index contributed by atoms with van der Waals surface area (Å²) < 4.78 is 53.6. The fourth-order valence-electron chi connectivity index (χ4n) is 2.62. The maximum atomic E-state index is 13.6. The third-order valence-corrected chi connectivity index (χ3v) is 3.81. The number of nitrogens with zero attached hydrogens (tertiary/aromatic N) is 2. The van der Waals surface area contributed by atoms with Gasteiger partial charge in [-0.25, -0.2) is 9.07 Å². The molecule has 0 radical (unpaired) electrons. The number of anilines is 1. The summed E-state index contributed by atoms with van der Waals surface area (Å²) in [7, 11) is 0. The number of halogens is 4. The molecule has 4 nitrogen and oxygen atoms in total. The fourth-order valence-corrected chi connectivity index (χ4v) is 2.62. The van der Waals surface area contributed by atoms with Crippen molar-refractivity contribution in [1.82, 2.24) is 9.78 Å². The Kier molecular flexibility index (Phi) is 4.73. The molecule has 0 aliphatic heterocycles. The lowest BCUT2D eigenvalue weighted by molar-refractivity contribution is -0.137. The summed E-state index contributed by atoms with van der Waals surface area (Å²) in [6, 6.07) is 10.6. The molecule has 3 aromatic rings. The summed E-state index contributed by atoms with van der Waals surface area (Å²) in [6.07, 6.45) is -4.75. The van der Waals surface area contributed by atoms with E-state index in [1.165, 1.54) is 4.68 Å². The van der Waals surface area contributed by atoms with Gasteiger partial charge in [0.15, 0.2) is 0 Å². The molecule has 0 saturated carbocycles. The number of nitrogens with one attached hydrogen (secondary N) is 1. The lowest BCUT2D eigenvalue weighted by atomic mass is 10.1. The van der Waals surface area contributed by atoms with E-state index in [4.69, 9.17) is 0 Å². The number of hydrogen-bond acceptors (Lipinski definition) is 2. The monoisotopic (exact) mass is 377 g/mol. The average Bonchev–Trinajstić information content (AvgIpc) is 2.94. The normalized spacial score (nSPS) is 11.5. The van der Waals surface area contributed by atoms with E-state index in [0.29, 0.717) is 23.5 Å². The number of aryl methyl sites for hydroxylation is 2. The molecule has 140 valence electrons. The van der Waals surface area contributed by atoms with Crippen LogP contribution in [0.2, 0.25) is 0 Å². The van der Waals surface area contributed by atoms with Crippen molar-refractivity contribution in [1.29, 1.82) is 0 Å². The first-order chi connectivity index (χ1) is 12.6. The first-order valence-electron chi connectivity index (χ1n) is 7.96. The van der Waals surface area contributed by atoms with Crippen molar-refractivity contribution in [3.8, 4) is 5.69 Å². The minimum Gasteiger partial charge on any atom is -0.306 e. The summed E-state index contributed by atoms with van der Waals surface area (Å²) in [6.45, 7) is 3.61. The van der Waals surface area contributed by atoms with E-state index in [-0.39, 0.29) is 5.82 Å². The number of amides is 1. The predicted octanol–water partition coefficient (Wildman–Crippen LogP) is 4.90. The fraction of sp³-hybridized carbons (Fsp3) is 0.158. The predicted molar refractivity (Wildman–Crippen MR) is 92.4 cm³/mol. The van der Waals surface area contributed by atoms with Gasteiger partial charge in [0.2, 0.25) is 0 Å². The number of alkyl halides is 3. The van der Waals surface area contributed by atoms with Crippen molar-refractivity contribution < 1.29 is 22.4 Å². The molecule has 1 aromatic heterocycles. The Hall–Kier alpha value is -3.16. The summed E-state index contributed by atoms with van der Waals surface area (Å²) in [5, 5.41) is 6.79. The summed E-state index contributed by atoms with van der Waals surface area (Å²) in [5.74, 6) is -1.74. The van der Waals surface area contributed by atoms with Crippen LogP contribution in [0.25, 0.3) is 5.69 Å². The van der Waals surface area contributed by atoms with Gasteiger partial charge in [0, 0.05) is 11.6 Å². The van der Waals surface area contributed by atoms with E-state index >= 15 is 0 Å². The number of carbonyl (C=O) groups is 1. The Morgan fingerprint density at radius 2 is 1.81 bits per heavy atom. The number of carbonyl (C=O) groups excluding carboxylic acids is 1. The molecule has 0 spiro atoms. The Morgan fingerprint density at radius 1 is 1.07 bits per heavy atom. The zero-order valence-corrected chi connectivity index (χ0v) is 14.4. The third kappa shape index (κ3) is 4.16. The topological polar surface area (TPSA) is 46.9 Å². The molecule has 0 saturated heterocycles. The van der Waals surface area contributed by atoms with Crippen LogP contribution in [0.4, 0.5) is 23.4 Å². The van der Waals surface area contributed by atoms with Gasteiger partial charge in [-0.15, -0.1) is 0 Å². The van der Waals surface area contributed by atoms with Crippen LogP contribution in [0.1, 0.15) is 27.2 Å². The van der Waals surface area contributed by atoms with Crippen LogP contribution in [0, 0.1) is 19.7 Å². The molecule has 3 rings (SSSR count). The van der Waals surface area contributed by atoms with Crippen LogP contribution in [-0.2, 0) is 6.18 Å². The second-order valence-electron chi connectivity index (χ2n) is 6.10. The Labute approximate surface area is 152 Å². The highest BCUT2D eigenvalue weighted by Crippen LogP contribution is 2.30. The van der Waals surface area contributed by atoms with E-state index < -0.39 is 29.0 Å². The molecule has 0 fully saturated rings. The van der Waals surface area contributed by atoms with Gasteiger partial charge < -0.3 is 5.32 Å². The molecule has 0 atom stereocenters. The van der Waals surface area contributed by atoms with Gasteiger partial charge in [-0.1, -0.05) is 12.1 Å². The molecule has 2 aromatic carbocycles. The lowest BCUT2D eigenvalue weighted by Gasteiger charge is -2.11. The van der Waals surface area contributed by atoms with Crippen molar-refractivity contribution in [2.75, 3.05) is 5.32 Å². The van der Waals surface area contributed by atoms with Crippen molar-refractivity contribution in [3.63, 3.8) is 0 Å². The SMILES string of the molecule is Cc1cccc(-n2nc(C)cc2NC(=O)c2cc(F)cc(C(F)(F)F)c2)c1. The molecule has 0 unspecified atom stereocenters. The maximum absolute atomic E-state index is 13.6. The molecule has 1 heterocycles. The molecule has 27 heavy (non-hydrogen) atoms. The molecule has 1 N–H and O–H groups in total. The molecular weight excluding hydrogens is 362 g/mol. The highest BCUT2D eigenvalue weighted by Gasteiger charge is 2.32. The number of aromatic nitrogens is 2. The van der Waals surface area contributed by atoms with E-state index in [0.717, 1.165) is 11.6 Å². The molecule has 0 aliphatic rings. The van der Waals surface area contributed by atoms with Gasteiger partial charge in [0.05, 0.1) is 16.9 Å². The summed E-state index contributed by atoms with van der Waals surface area (Å²) in [4.78, 5) is 12.4. The first-order valence-corrected chi connectivity index (χ1v) is 7.96. The van der Waals surface area contributed by atoms with Crippen molar-refractivity contribution >= 4 is 11.7 Å². The maximum Gasteiger partial charge on any atom is 0.416 e. The van der Waals surface area contributed by atoms with Crippen LogP contribution in [0.15, 0.2) is 48.5 Å². The van der Waals surface area contributed by atoms with Gasteiger partial charge in [-0.05, 0) is 49.7 Å². The number of benzene rings is 2. The highest BCUT2D eigenvalue weighted by molar-refractivity contribution is 6.04. The van der Waals surface area contributed by atoms with Crippen LogP contribution < -0.4 is 5.32 Å². The van der Waals surface area contributed by atoms with Crippen LogP contribution in [0.3, 0.4) is 0 Å². The lowest BCUT2D eigenvalue weighted by Crippen LogP contribution is -2.17. The third-order valence-electron chi connectivity index (χ3n) is 3.81. The van der Waals surface area contributed by atoms with Crippen LogP contribution in [-0.4, -0.2) is 15.7 Å². The molecular formula is C19H15F4N3O. The Morgan fingerprint density at radius 3 is 2.48 bits per heavy atom. The van der Waals surface area contributed by atoms with E-state index in [1.807, 2.05) is 25.1 Å². The summed E-state index contributed by atoms with van der Waals surface area (Å²) in [5.41, 5.74) is 0.585. The van der Waals surface area contributed by atoms with Gasteiger partial charge in [0.1, 0.15) is 11.6 Å². The van der Waals surface area contributed by atoms with Crippen molar-refractivity contribution in [3.05, 3.63) is 76.7 Å². The van der Waals surface area contributed by atoms with Crippen molar-refractivity contribution in [2.24, 2.45) is 0 Å². The smallest absolute Gasteiger partial charge is 0.306 e. The van der Waals surface area contributed by atoms with Crippen molar-refractivity contribution in [2.45, 2.75) is 20.0 Å². The van der Waals surface area contributed by atoms with Gasteiger partial charge in [-0.2, -0.15) is 18.3 Å². The Balaban J connectivity index is 1.95. The molecule has 1 amide bonds. The minimum absolute atomic E-state index is 0.265. The minimum atomic E-state index is -4.75. The number of hydrogen-bond donors (Lipinski definition) is 1. The second-order valence-corrected chi connectivity index (χ2v) is 6.10. The molecule has 0 aliphatic carbocycles. The van der Waals surface area contributed by atoms with Gasteiger partial charge >= 0.3 is 6.18 Å². The quantitative estimate of drug-likeness (QED) is 0.660. The van der Waals surface area contributed by atoms with Crippen LogP contribution >= 0.6 is 0 Å². The van der Waals surface area contributed by atoms with Gasteiger partial charge in [0.25, 0.3) is 5.91 Å². The summed E-state index contributed by atoms with van der Waals surface area (Å²) >= 11 is 0. The first kappa shape index (κ1) is 18.6. The Bertz CT molecular complexity index is 1010. The number of rotatable bonds is 3. The standard InChI is InChI=1S/C19H15F4N3O/c1-11-4-3-5-16(6-11)26-17(7-12(2)25-26)24-18(27)13-8-14(19(21,22)23)10-15(20)9-13/h3-10H,1-2H3,(H,24,27). The molecule has 8 heteroatoms. The average molecular weight is 377 g/mol. The van der Waals surface area contributed by atoms with Gasteiger partial charge in [-0.3, -0.25) is 4.79 Å².